The van der Waals surface area contributed by atoms with E-state index in [4.69, 9.17) is 0 Å². The second-order valence-corrected chi connectivity index (χ2v) is 4.87. The zero-order valence-corrected chi connectivity index (χ0v) is 9.13. The van der Waals surface area contributed by atoms with Gasteiger partial charge in [0.1, 0.15) is 5.82 Å². The van der Waals surface area contributed by atoms with Gasteiger partial charge in [0.25, 0.3) is 0 Å². The van der Waals surface area contributed by atoms with Crippen molar-refractivity contribution in [3.05, 3.63) is 18.3 Å². The normalized spacial score (nSPS) is 10.8. The maximum absolute atomic E-state index is 11.1. The van der Waals surface area contributed by atoms with Crippen LogP contribution in [-0.4, -0.2) is 32.7 Å². The summed E-state index contributed by atoms with van der Waals surface area (Å²) in [5.41, 5.74) is 0. The second-order valence-electron chi connectivity index (χ2n) is 2.86. The Kier molecular flexibility index (Phi) is 3.25. The van der Waals surface area contributed by atoms with Crippen molar-refractivity contribution in [3.63, 3.8) is 0 Å². The number of carbonyl (C=O) groups excluding carboxylic acids is 1. The van der Waals surface area contributed by atoms with Crippen molar-refractivity contribution in [2.24, 2.45) is 0 Å². The molecule has 1 rings (SSSR count). The summed E-state index contributed by atoms with van der Waals surface area (Å²) in [6, 6.07) is 2.40. The van der Waals surface area contributed by atoms with E-state index in [0.717, 1.165) is 6.26 Å². The SMILES string of the molecule is CNC(=O)Nc1ccc(S(C)(=O)=O)cn1. The Morgan fingerprint density at radius 1 is 1.40 bits per heavy atom. The monoisotopic (exact) mass is 229 g/mol. The van der Waals surface area contributed by atoms with Gasteiger partial charge in [0.05, 0.1) is 4.90 Å². The van der Waals surface area contributed by atoms with E-state index in [0.29, 0.717) is 5.82 Å². The summed E-state index contributed by atoms with van der Waals surface area (Å²) in [7, 11) is -1.77. The van der Waals surface area contributed by atoms with E-state index >= 15 is 0 Å². The molecule has 0 atom stereocenters. The molecule has 0 unspecified atom stereocenters. The summed E-state index contributed by atoms with van der Waals surface area (Å²) in [6.45, 7) is 0. The molecule has 0 aromatic carbocycles. The number of nitrogens with one attached hydrogen (secondary N) is 2. The first-order valence-electron chi connectivity index (χ1n) is 4.08. The van der Waals surface area contributed by atoms with Gasteiger partial charge in [-0.2, -0.15) is 0 Å². The largest absolute Gasteiger partial charge is 0.341 e. The topological polar surface area (TPSA) is 88.2 Å². The van der Waals surface area contributed by atoms with Crippen LogP contribution < -0.4 is 10.6 Å². The molecule has 15 heavy (non-hydrogen) atoms. The number of pyridine rings is 1. The summed E-state index contributed by atoms with van der Waals surface area (Å²) in [5, 5.41) is 4.76. The Hall–Kier alpha value is -1.63. The number of urea groups is 1. The van der Waals surface area contributed by atoms with Crippen LogP contribution in [0.3, 0.4) is 0 Å². The van der Waals surface area contributed by atoms with Gasteiger partial charge in [-0.25, -0.2) is 18.2 Å². The molecule has 7 heteroatoms. The number of aromatic nitrogens is 1. The van der Waals surface area contributed by atoms with Gasteiger partial charge in [0.2, 0.25) is 0 Å². The molecule has 1 aromatic heterocycles. The molecule has 0 fully saturated rings. The number of carbonyl (C=O) groups is 1. The molecule has 0 aliphatic carbocycles. The van der Waals surface area contributed by atoms with Crippen LogP contribution in [0.4, 0.5) is 10.6 Å². The third-order valence-electron chi connectivity index (χ3n) is 1.63. The average Bonchev–Trinajstić information content (AvgIpc) is 2.17. The molecule has 0 aliphatic heterocycles. The minimum absolute atomic E-state index is 0.116. The quantitative estimate of drug-likeness (QED) is 0.760. The molecule has 2 amide bonds. The lowest BCUT2D eigenvalue weighted by atomic mass is 10.4. The van der Waals surface area contributed by atoms with E-state index in [-0.39, 0.29) is 4.90 Å². The maximum atomic E-state index is 11.1. The highest BCUT2D eigenvalue weighted by molar-refractivity contribution is 7.90. The highest BCUT2D eigenvalue weighted by Crippen LogP contribution is 2.09. The van der Waals surface area contributed by atoms with Crippen LogP contribution in [0.2, 0.25) is 0 Å². The Balaban J connectivity index is 2.86. The first-order chi connectivity index (χ1) is 6.93. The number of hydrogen-bond acceptors (Lipinski definition) is 4. The standard InChI is InChI=1S/C8H11N3O3S/c1-9-8(12)11-7-4-3-6(5-10-7)15(2,13)14/h3-5H,1-2H3,(H2,9,10,11,12). The highest BCUT2D eigenvalue weighted by atomic mass is 32.2. The van der Waals surface area contributed by atoms with Gasteiger partial charge in [0, 0.05) is 19.5 Å². The lowest BCUT2D eigenvalue weighted by Crippen LogP contribution is -2.24. The Morgan fingerprint density at radius 3 is 2.47 bits per heavy atom. The van der Waals surface area contributed by atoms with Gasteiger partial charge in [-0.15, -0.1) is 0 Å². The number of rotatable bonds is 2. The first kappa shape index (κ1) is 11.4. The van der Waals surface area contributed by atoms with E-state index in [1.807, 2.05) is 0 Å². The number of anilines is 1. The Labute approximate surface area is 87.6 Å². The molecule has 0 bridgehead atoms. The van der Waals surface area contributed by atoms with Crippen molar-refractivity contribution in [2.45, 2.75) is 4.90 Å². The molecule has 6 nitrogen and oxygen atoms in total. The van der Waals surface area contributed by atoms with Crippen molar-refractivity contribution in [3.8, 4) is 0 Å². The molecular weight excluding hydrogens is 218 g/mol. The Morgan fingerprint density at radius 2 is 2.07 bits per heavy atom. The van der Waals surface area contributed by atoms with Crippen LogP contribution >= 0.6 is 0 Å². The van der Waals surface area contributed by atoms with Gasteiger partial charge >= 0.3 is 6.03 Å². The van der Waals surface area contributed by atoms with Crippen LogP contribution in [0.1, 0.15) is 0 Å². The zero-order chi connectivity index (χ0) is 11.5. The molecule has 0 spiro atoms. The average molecular weight is 229 g/mol. The van der Waals surface area contributed by atoms with Crippen molar-refractivity contribution in [1.82, 2.24) is 10.3 Å². The maximum Gasteiger partial charge on any atom is 0.320 e. The molecule has 1 aromatic rings. The lowest BCUT2D eigenvalue weighted by Gasteiger charge is -2.03. The number of nitrogens with zero attached hydrogens (tertiary/aromatic N) is 1. The van der Waals surface area contributed by atoms with E-state index in [1.54, 1.807) is 0 Å². The summed E-state index contributed by atoms with van der Waals surface area (Å²) >= 11 is 0. The fraction of sp³-hybridized carbons (Fsp3) is 0.250. The fourth-order valence-electron chi connectivity index (χ4n) is 0.852. The molecule has 0 aliphatic rings. The molecule has 82 valence electrons. The van der Waals surface area contributed by atoms with Crippen LogP contribution in [0, 0.1) is 0 Å². The molecule has 2 N–H and O–H groups in total. The minimum atomic E-state index is -3.24. The third kappa shape index (κ3) is 3.21. The Bertz CT molecular complexity index is 453. The zero-order valence-electron chi connectivity index (χ0n) is 8.31. The van der Waals surface area contributed by atoms with Crippen molar-refractivity contribution >= 4 is 21.7 Å². The number of amides is 2. The highest BCUT2D eigenvalue weighted by Gasteiger charge is 2.07. The molecule has 1 heterocycles. The summed E-state index contributed by atoms with van der Waals surface area (Å²) in [5.74, 6) is 0.293. The number of hydrogen-bond donors (Lipinski definition) is 2. The van der Waals surface area contributed by atoms with Crippen LogP contribution in [-0.2, 0) is 9.84 Å². The molecule has 0 saturated carbocycles. The number of sulfone groups is 1. The minimum Gasteiger partial charge on any atom is -0.341 e. The van der Waals surface area contributed by atoms with E-state index in [2.05, 4.69) is 15.6 Å². The van der Waals surface area contributed by atoms with Gasteiger partial charge in [-0.3, -0.25) is 5.32 Å². The van der Waals surface area contributed by atoms with Crippen molar-refractivity contribution < 1.29 is 13.2 Å². The second kappa shape index (κ2) is 4.26. The van der Waals surface area contributed by atoms with Gasteiger partial charge < -0.3 is 5.32 Å². The van der Waals surface area contributed by atoms with Crippen LogP contribution in [0.15, 0.2) is 23.2 Å². The van der Waals surface area contributed by atoms with Gasteiger partial charge in [0.15, 0.2) is 9.84 Å². The van der Waals surface area contributed by atoms with Crippen LogP contribution in [0.5, 0.6) is 0 Å². The van der Waals surface area contributed by atoms with Crippen molar-refractivity contribution in [1.29, 1.82) is 0 Å². The van der Waals surface area contributed by atoms with Crippen LogP contribution in [0.25, 0.3) is 0 Å². The van der Waals surface area contributed by atoms with E-state index in [1.165, 1.54) is 25.4 Å². The fourth-order valence-corrected chi connectivity index (χ4v) is 1.41. The predicted octanol–water partition coefficient (Wildman–Crippen LogP) is 0.236. The van der Waals surface area contributed by atoms with Gasteiger partial charge in [-0.05, 0) is 12.1 Å². The van der Waals surface area contributed by atoms with E-state index < -0.39 is 15.9 Å². The molecule has 0 saturated heterocycles. The summed E-state index contributed by atoms with van der Waals surface area (Å²) < 4.78 is 22.2. The smallest absolute Gasteiger partial charge is 0.320 e. The van der Waals surface area contributed by atoms with Crippen molar-refractivity contribution in [2.75, 3.05) is 18.6 Å². The summed E-state index contributed by atoms with van der Waals surface area (Å²) in [6.07, 6.45) is 2.29. The first-order valence-corrected chi connectivity index (χ1v) is 5.97. The third-order valence-corrected chi connectivity index (χ3v) is 2.73. The molecule has 0 radical (unpaired) electrons. The lowest BCUT2D eigenvalue weighted by molar-refractivity contribution is 0.254. The molecular formula is C8H11N3O3S. The predicted molar refractivity (Wildman–Crippen MR) is 55.4 cm³/mol. The van der Waals surface area contributed by atoms with Gasteiger partial charge in [-0.1, -0.05) is 0 Å². The van der Waals surface area contributed by atoms with E-state index in [9.17, 15) is 13.2 Å². The summed E-state index contributed by atoms with van der Waals surface area (Å²) in [4.78, 5) is 14.8.